The van der Waals surface area contributed by atoms with E-state index < -0.39 is 28.7 Å². The number of esters is 2. The molecule has 5 heteroatoms. The molecule has 0 fully saturated rings. The Morgan fingerprint density at radius 1 is 1.41 bits per heavy atom. The van der Waals surface area contributed by atoms with Crippen molar-refractivity contribution >= 4 is 17.7 Å². The van der Waals surface area contributed by atoms with Crippen molar-refractivity contribution in [2.24, 2.45) is 5.41 Å². The number of ether oxygens (including phenoxy) is 2. The molecule has 0 aliphatic heterocycles. The minimum atomic E-state index is -1.48. The molecule has 0 saturated carbocycles. The van der Waals surface area contributed by atoms with Crippen molar-refractivity contribution < 1.29 is 23.9 Å². The Kier molecular flexibility index (Phi) is 5.69. The van der Waals surface area contributed by atoms with E-state index in [9.17, 15) is 14.4 Å². The molecule has 122 valence electrons. The van der Waals surface area contributed by atoms with Crippen molar-refractivity contribution in [3.63, 3.8) is 0 Å². The largest absolute Gasteiger partial charge is 0.461 e. The predicted octanol–water partition coefficient (Wildman–Crippen LogP) is 2.74. The molecule has 0 aromatic rings. The number of carbonyl (C=O) groups excluding carboxylic acids is 3. The zero-order chi connectivity index (χ0) is 17.0. The van der Waals surface area contributed by atoms with Crippen molar-refractivity contribution in [2.45, 2.75) is 52.6 Å². The van der Waals surface area contributed by atoms with Crippen LogP contribution in [0.2, 0.25) is 0 Å². The molecule has 1 atom stereocenters. The van der Waals surface area contributed by atoms with Crippen LogP contribution >= 0.6 is 0 Å². The second-order valence-corrected chi connectivity index (χ2v) is 6.59. The Hall–Kier alpha value is -1.91. The summed E-state index contributed by atoms with van der Waals surface area (Å²) in [5.74, 6) is -1.66. The fourth-order valence-electron chi connectivity index (χ4n) is 2.31. The van der Waals surface area contributed by atoms with Gasteiger partial charge >= 0.3 is 11.9 Å². The Labute approximate surface area is 131 Å². The van der Waals surface area contributed by atoms with E-state index in [-0.39, 0.29) is 19.4 Å². The maximum atomic E-state index is 12.4. The maximum Gasteiger partial charge on any atom is 0.320 e. The summed E-state index contributed by atoms with van der Waals surface area (Å²) >= 11 is 0. The molecule has 22 heavy (non-hydrogen) atoms. The van der Waals surface area contributed by atoms with Crippen molar-refractivity contribution in [1.29, 1.82) is 0 Å². The number of ketones is 1. The van der Waals surface area contributed by atoms with Crippen LogP contribution in [0.25, 0.3) is 0 Å². The van der Waals surface area contributed by atoms with Crippen molar-refractivity contribution in [2.75, 3.05) is 6.61 Å². The molecule has 0 saturated heterocycles. The van der Waals surface area contributed by atoms with Gasteiger partial charge in [0.2, 0.25) is 0 Å². The number of hydrogen-bond acceptors (Lipinski definition) is 5. The van der Waals surface area contributed by atoms with E-state index in [2.05, 4.69) is 6.58 Å². The molecular formula is C17H24O5. The average Bonchev–Trinajstić information content (AvgIpc) is 2.37. The molecule has 0 spiro atoms. The van der Waals surface area contributed by atoms with Crippen LogP contribution in [0.4, 0.5) is 0 Å². The van der Waals surface area contributed by atoms with Crippen LogP contribution in [0.1, 0.15) is 47.0 Å². The molecule has 0 radical (unpaired) electrons. The van der Waals surface area contributed by atoms with Crippen LogP contribution in [0, 0.1) is 5.41 Å². The van der Waals surface area contributed by atoms with Crippen LogP contribution in [0.3, 0.4) is 0 Å². The third-order valence-electron chi connectivity index (χ3n) is 3.38. The summed E-state index contributed by atoms with van der Waals surface area (Å²) < 4.78 is 10.3. The van der Waals surface area contributed by atoms with Gasteiger partial charge in [0.1, 0.15) is 17.6 Å². The van der Waals surface area contributed by atoms with Crippen LogP contribution in [-0.2, 0) is 23.9 Å². The fourth-order valence-corrected chi connectivity index (χ4v) is 2.31. The van der Waals surface area contributed by atoms with Gasteiger partial charge in [-0.2, -0.15) is 0 Å². The summed E-state index contributed by atoms with van der Waals surface area (Å²) in [6.45, 7) is 10.5. The topological polar surface area (TPSA) is 69.7 Å². The molecule has 0 N–H and O–H groups in total. The van der Waals surface area contributed by atoms with Gasteiger partial charge in [-0.15, -0.1) is 0 Å². The minimum Gasteiger partial charge on any atom is -0.461 e. The Bertz CT molecular complexity index is 510. The van der Waals surface area contributed by atoms with Gasteiger partial charge in [-0.1, -0.05) is 18.2 Å². The highest BCUT2D eigenvalue weighted by atomic mass is 16.6. The van der Waals surface area contributed by atoms with Gasteiger partial charge in [-0.05, 0) is 46.6 Å². The molecule has 0 aromatic carbocycles. The van der Waals surface area contributed by atoms with Crippen LogP contribution < -0.4 is 0 Å². The monoisotopic (exact) mass is 308 g/mol. The number of rotatable bonds is 5. The van der Waals surface area contributed by atoms with Gasteiger partial charge in [0.05, 0.1) is 6.42 Å². The maximum absolute atomic E-state index is 12.4. The lowest BCUT2D eigenvalue weighted by molar-refractivity contribution is -0.170. The average molecular weight is 308 g/mol. The first-order chi connectivity index (χ1) is 10.1. The number of allylic oxidation sites excluding steroid dienone is 2. The predicted molar refractivity (Wildman–Crippen MR) is 82.0 cm³/mol. The molecule has 1 rings (SSSR count). The zero-order valence-electron chi connectivity index (χ0n) is 13.7. The van der Waals surface area contributed by atoms with E-state index in [0.717, 1.165) is 5.57 Å². The summed E-state index contributed by atoms with van der Waals surface area (Å²) in [6.07, 6.45) is 3.36. The molecule has 0 unspecified atom stereocenters. The van der Waals surface area contributed by atoms with Crippen molar-refractivity contribution in [1.82, 2.24) is 0 Å². The summed E-state index contributed by atoms with van der Waals surface area (Å²) in [5, 5.41) is 0. The first kappa shape index (κ1) is 18.1. The Balaban J connectivity index is 3.02. The van der Waals surface area contributed by atoms with Crippen LogP contribution in [0.15, 0.2) is 24.3 Å². The second kappa shape index (κ2) is 6.90. The first-order valence-electron chi connectivity index (χ1n) is 7.32. The van der Waals surface area contributed by atoms with E-state index in [1.807, 2.05) is 6.92 Å². The van der Waals surface area contributed by atoms with Crippen molar-refractivity contribution in [3.05, 3.63) is 24.3 Å². The molecule has 0 heterocycles. The molecule has 0 bridgehead atoms. The van der Waals surface area contributed by atoms with E-state index in [4.69, 9.17) is 9.47 Å². The van der Waals surface area contributed by atoms with E-state index in [1.54, 1.807) is 20.8 Å². The summed E-state index contributed by atoms with van der Waals surface area (Å²) in [4.78, 5) is 36.9. The number of hydrogen-bond donors (Lipinski definition) is 0. The highest BCUT2D eigenvalue weighted by molar-refractivity contribution is 6.12. The van der Waals surface area contributed by atoms with E-state index in [1.165, 1.54) is 12.2 Å². The summed E-state index contributed by atoms with van der Waals surface area (Å²) in [6, 6.07) is 0. The van der Waals surface area contributed by atoms with Gasteiger partial charge in [0, 0.05) is 0 Å². The van der Waals surface area contributed by atoms with Gasteiger partial charge in [-0.3, -0.25) is 14.4 Å². The lowest BCUT2D eigenvalue weighted by Gasteiger charge is -2.32. The van der Waals surface area contributed by atoms with Crippen molar-refractivity contribution in [3.8, 4) is 0 Å². The van der Waals surface area contributed by atoms with Gasteiger partial charge in [-0.25, -0.2) is 0 Å². The second-order valence-electron chi connectivity index (χ2n) is 6.59. The quantitative estimate of drug-likeness (QED) is 0.444. The smallest absolute Gasteiger partial charge is 0.320 e. The Morgan fingerprint density at radius 3 is 2.55 bits per heavy atom. The minimum absolute atomic E-state index is 0.00484. The molecule has 1 aliphatic carbocycles. The lowest BCUT2D eigenvalue weighted by Crippen LogP contribution is -2.44. The molecule has 1 aliphatic rings. The normalized spacial score (nSPS) is 21.8. The lowest BCUT2D eigenvalue weighted by atomic mass is 9.71. The summed E-state index contributed by atoms with van der Waals surface area (Å²) in [5.41, 5.74) is -1.27. The molecule has 5 nitrogen and oxygen atoms in total. The SMILES string of the molecule is C=CCOC(=O)[C@]1(CC(=O)OC(C)(C)C)CCC(C)=CC1=O. The van der Waals surface area contributed by atoms with Crippen LogP contribution in [0.5, 0.6) is 0 Å². The third-order valence-corrected chi connectivity index (χ3v) is 3.38. The highest BCUT2D eigenvalue weighted by Crippen LogP contribution is 2.38. The fraction of sp³-hybridized carbons (Fsp3) is 0.588. The van der Waals surface area contributed by atoms with Gasteiger partial charge < -0.3 is 9.47 Å². The van der Waals surface area contributed by atoms with E-state index >= 15 is 0 Å². The number of carbonyl (C=O) groups is 3. The third kappa shape index (κ3) is 4.55. The molecule has 0 amide bonds. The zero-order valence-corrected chi connectivity index (χ0v) is 13.7. The standard InChI is InChI=1S/C17H24O5/c1-6-9-21-15(20)17(8-7-12(2)10-13(17)18)11-14(19)22-16(3,4)5/h6,10H,1,7-9,11H2,2-5H3/t17-/m0/s1. The molecular weight excluding hydrogens is 284 g/mol. The van der Waals surface area contributed by atoms with Gasteiger partial charge in [0.15, 0.2) is 5.78 Å². The van der Waals surface area contributed by atoms with Crippen LogP contribution in [-0.4, -0.2) is 29.9 Å². The highest BCUT2D eigenvalue weighted by Gasteiger charge is 2.49. The first-order valence-corrected chi connectivity index (χ1v) is 7.32. The van der Waals surface area contributed by atoms with Gasteiger partial charge in [0.25, 0.3) is 0 Å². The summed E-state index contributed by atoms with van der Waals surface area (Å²) in [7, 11) is 0. The molecule has 0 aromatic heterocycles. The Morgan fingerprint density at radius 2 is 2.05 bits per heavy atom. The van der Waals surface area contributed by atoms with E-state index in [0.29, 0.717) is 6.42 Å².